The van der Waals surface area contributed by atoms with Crippen LogP contribution in [0.25, 0.3) is 11.1 Å². The van der Waals surface area contributed by atoms with Crippen molar-refractivity contribution in [1.82, 2.24) is 0 Å². The summed E-state index contributed by atoms with van der Waals surface area (Å²) in [7, 11) is 0. The Labute approximate surface area is 175 Å². The molecule has 3 rings (SSSR count). The van der Waals surface area contributed by atoms with Gasteiger partial charge in [0.2, 0.25) is 0 Å². The van der Waals surface area contributed by atoms with Crippen LogP contribution in [0.4, 0.5) is 0 Å². The number of benzene rings is 3. The Balaban J connectivity index is 2.04. The second-order valence-corrected chi connectivity index (χ2v) is 8.19. The summed E-state index contributed by atoms with van der Waals surface area (Å²) in [6.07, 6.45) is 0.702. The molecule has 0 unspecified atom stereocenters. The summed E-state index contributed by atoms with van der Waals surface area (Å²) in [5.41, 5.74) is 7.39. The van der Waals surface area contributed by atoms with Crippen molar-refractivity contribution in [3.63, 3.8) is 0 Å². The van der Waals surface area contributed by atoms with Crippen LogP contribution < -0.4 is 4.74 Å². The van der Waals surface area contributed by atoms with E-state index in [1.165, 1.54) is 22.3 Å². The highest BCUT2D eigenvalue weighted by Gasteiger charge is 2.17. The van der Waals surface area contributed by atoms with Gasteiger partial charge in [-0.1, -0.05) is 88.4 Å². The van der Waals surface area contributed by atoms with Crippen LogP contribution in [0.2, 0.25) is 0 Å². The first kappa shape index (κ1) is 21.1. The summed E-state index contributed by atoms with van der Waals surface area (Å²) in [4.78, 5) is 0. The SMILES string of the molecule is CC(C)c1cc(-c2ccccc2OCc2ccccc2)cc(C(C)C)c1CCO. The van der Waals surface area contributed by atoms with E-state index in [1.54, 1.807) is 0 Å². The molecule has 2 heteroatoms. The molecular formula is C27H32O2. The van der Waals surface area contributed by atoms with E-state index in [2.05, 4.69) is 64.1 Å². The molecule has 0 aliphatic rings. The first-order chi connectivity index (χ1) is 14.0. The fourth-order valence-electron chi connectivity index (χ4n) is 3.87. The zero-order valence-corrected chi connectivity index (χ0v) is 18.0. The minimum absolute atomic E-state index is 0.176. The predicted molar refractivity (Wildman–Crippen MR) is 122 cm³/mol. The zero-order chi connectivity index (χ0) is 20.8. The molecule has 0 saturated carbocycles. The minimum Gasteiger partial charge on any atom is -0.488 e. The van der Waals surface area contributed by atoms with Gasteiger partial charge >= 0.3 is 0 Å². The van der Waals surface area contributed by atoms with E-state index >= 15 is 0 Å². The number of ether oxygens (including phenoxy) is 1. The van der Waals surface area contributed by atoms with Crippen molar-refractivity contribution in [2.45, 2.75) is 52.6 Å². The maximum Gasteiger partial charge on any atom is 0.127 e. The molecule has 0 radical (unpaired) electrons. The van der Waals surface area contributed by atoms with Gasteiger partial charge in [-0.3, -0.25) is 0 Å². The first-order valence-corrected chi connectivity index (χ1v) is 10.5. The molecule has 0 heterocycles. The molecule has 0 aliphatic heterocycles. The molecule has 0 bridgehead atoms. The molecule has 29 heavy (non-hydrogen) atoms. The molecule has 0 fully saturated rings. The van der Waals surface area contributed by atoms with E-state index in [-0.39, 0.29) is 6.61 Å². The number of aliphatic hydroxyl groups is 1. The molecule has 3 aromatic carbocycles. The van der Waals surface area contributed by atoms with Crippen molar-refractivity contribution in [3.8, 4) is 16.9 Å². The Morgan fingerprint density at radius 2 is 1.38 bits per heavy atom. The highest BCUT2D eigenvalue weighted by atomic mass is 16.5. The predicted octanol–water partition coefficient (Wildman–Crippen LogP) is 6.71. The van der Waals surface area contributed by atoms with Crippen LogP contribution in [0, 0.1) is 0 Å². The molecule has 0 spiro atoms. The highest BCUT2D eigenvalue weighted by Crippen LogP contribution is 2.37. The second-order valence-electron chi connectivity index (χ2n) is 8.19. The van der Waals surface area contributed by atoms with Crippen molar-refractivity contribution in [2.75, 3.05) is 6.61 Å². The molecule has 2 nitrogen and oxygen atoms in total. The van der Waals surface area contributed by atoms with Gasteiger partial charge in [0.05, 0.1) is 0 Å². The van der Waals surface area contributed by atoms with E-state index in [9.17, 15) is 5.11 Å². The Morgan fingerprint density at radius 3 is 1.97 bits per heavy atom. The summed E-state index contributed by atoms with van der Waals surface area (Å²) < 4.78 is 6.22. The van der Waals surface area contributed by atoms with Gasteiger partial charge in [0, 0.05) is 12.2 Å². The first-order valence-electron chi connectivity index (χ1n) is 10.5. The molecule has 0 aromatic heterocycles. The molecule has 0 saturated heterocycles. The third kappa shape index (κ3) is 5.07. The lowest BCUT2D eigenvalue weighted by molar-refractivity contribution is 0.298. The van der Waals surface area contributed by atoms with Crippen molar-refractivity contribution >= 4 is 0 Å². The van der Waals surface area contributed by atoms with Crippen LogP contribution in [0.15, 0.2) is 66.7 Å². The minimum atomic E-state index is 0.176. The van der Waals surface area contributed by atoms with Gasteiger partial charge in [0.1, 0.15) is 12.4 Å². The Bertz CT molecular complexity index is 897. The molecule has 152 valence electrons. The van der Waals surface area contributed by atoms with Gasteiger partial charge < -0.3 is 9.84 Å². The maximum atomic E-state index is 9.62. The van der Waals surface area contributed by atoms with E-state index in [1.807, 2.05) is 30.3 Å². The van der Waals surface area contributed by atoms with Crippen LogP contribution in [-0.2, 0) is 13.0 Å². The summed E-state index contributed by atoms with van der Waals surface area (Å²) in [5.74, 6) is 1.69. The molecular weight excluding hydrogens is 356 g/mol. The molecule has 0 amide bonds. The number of hydrogen-bond acceptors (Lipinski definition) is 2. The zero-order valence-electron chi connectivity index (χ0n) is 18.0. The Hall–Kier alpha value is -2.58. The van der Waals surface area contributed by atoms with Crippen molar-refractivity contribution in [3.05, 3.63) is 89.0 Å². The van der Waals surface area contributed by atoms with Gasteiger partial charge in [-0.25, -0.2) is 0 Å². The standard InChI is InChI=1S/C27H32O2/c1-19(2)25-16-22(17-26(20(3)4)24(25)14-15-28)23-12-8-9-13-27(23)29-18-21-10-6-5-7-11-21/h5-13,16-17,19-20,28H,14-15,18H2,1-4H3. The summed E-state index contributed by atoms with van der Waals surface area (Å²) in [6.45, 7) is 9.62. The molecule has 0 aliphatic carbocycles. The lowest BCUT2D eigenvalue weighted by Crippen LogP contribution is -2.07. The van der Waals surface area contributed by atoms with E-state index in [4.69, 9.17) is 4.74 Å². The van der Waals surface area contributed by atoms with Crippen molar-refractivity contribution in [1.29, 1.82) is 0 Å². The van der Waals surface area contributed by atoms with Gasteiger partial charge in [-0.2, -0.15) is 0 Å². The monoisotopic (exact) mass is 388 g/mol. The van der Waals surface area contributed by atoms with E-state index < -0.39 is 0 Å². The third-order valence-electron chi connectivity index (χ3n) is 5.36. The number of para-hydroxylation sites is 1. The van der Waals surface area contributed by atoms with E-state index in [0.29, 0.717) is 24.9 Å². The number of hydrogen-bond donors (Lipinski definition) is 1. The lowest BCUT2D eigenvalue weighted by Gasteiger charge is -2.22. The lowest BCUT2D eigenvalue weighted by atomic mass is 9.84. The largest absolute Gasteiger partial charge is 0.488 e. The third-order valence-corrected chi connectivity index (χ3v) is 5.36. The molecule has 3 aromatic rings. The van der Waals surface area contributed by atoms with Gasteiger partial charge in [-0.05, 0) is 52.1 Å². The summed E-state index contributed by atoms with van der Waals surface area (Å²) in [5, 5.41) is 9.62. The van der Waals surface area contributed by atoms with Crippen LogP contribution in [0.5, 0.6) is 5.75 Å². The summed E-state index contributed by atoms with van der Waals surface area (Å²) in [6, 6.07) is 23.1. The van der Waals surface area contributed by atoms with Crippen LogP contribution in [0.3, 0.4) is 0 Å². The normalized spacial score (nSPS) is 11.3. The highest BCUT2D eigenvalue weighted by molar-refractivity contribution is 5.73. The second kappa shape index (κ2) is 9.76. The van der Waals surface area contributed by atoms with Gasteiger partial charge in [0.25, 0.3) is 0 Å². The summed E-state index contributed by atoms with van der Waals surface area (Å²) >= 11 is 0. The van der Waals surface area contributed by atoms with Gasteiger partial charge in [-0.15, -0.1) is 0 Å². The number of rotatable bonds is 8. The fourth-order valence-corrected chi connectivity index (χ4v) is 3.87. The van der Waals surface area contributed by atoms with Gasteiger partial charge in [0.15, 0.2) is 0 Å². The number of aliphatic hydroxyl groups excluding tert-OH is 1. The fraction of sp³-hybridized carbons (Fsp3) is 0.333. The van der Waals surface area contributed by atoms with Crippen LogP contribution >= 0.6 is 0 Å². The van der Waals surface area contributed by atoms with Crippen molar-refractivity contribution in [2.24, 2.45) is 0 Å². The average molecular weight is 389 g/mol. The van der Waals surface area contributed by atoms with Crippen LogP contribution in [0.1, 0.15) is 61.8 Å². The Morgan fingerprint density at radius 1 is 0.793 bits per heavy atom. The quantitative estimate of drug-likeness (QED) is 0.464. The smallest absolute Gasteiger partial charge is 0.127 e. The average Bonchev–Trinajstić information content (AvgIpc) is 2.73. The van der Waals surface area contributed by atoms with Crippen LogP contribution in [-0.4, -0.2) is 11.7 Å². The van der Waals surface area contributed by atoms with E-state index in [0.717, 1.165) is 16.9 Å². The molecule has 0 atom stereocenters. The molecule has 1 N–H and O–H groups in total. The topological polar surface area (TPSA) is 29.5 Å². The Kier molecular flexibility index (Phi) is 7.11. The maximum absolute atomic E-state index is 9.62. The van der Waals surface area contributed by atoms with Crippen molar-refractivity contribution < 1.29 is 9.84 Å².